The summed E-state index contributed by atoms with van der Waals surface area (Å²) in [6.07, 6.45) is 5.28. The van der Waals surface area contributed by atoms with Gasteiger partial charge in [0, 0.05) is 37.7 Å². The van der Waals surface area contributed by atoms with Gasteiger partial charge in [0.2, 0.25) is 5.91 Å². The summed E-state index contributed by atoms with van der Waals surface area (Å²) in [5.74, 6) is 0.0621. The van der Waals surface area contributed by atoms with Gasteiger partial charge in [-0.3, -0.25) is 9.59 Å². The SMILES string of the molecule is O=C(Nc1cc(C(=O)N2CCNCC2)ccc1Cl)C1CCCCC1. The lowest BCUT2D eigenvalue weighted by atomic mass is 9.88. The molecule has 1 aliphatic carbocycles. The third-order valence-electron chi connectivity index (χ3n) is 4.85. The first kappa shape index (κ1) is 17.2. The van der Waals surface area contributed by atoms with E-state index < -0.39 is 0 Å². The number of benzene rings is 1. The lowest BCUT2D eigenvalue weighted by Crippen LogP contribution is -2.46. The van der Waals surface area contributed by atoms with Crippen LogP contribution in [0.4, 0.5) is 5.69 Å². The van der Waals surface area contributed by atoms with Gasteiger partial charge in [0.05, 0.1) is 10.7 Å². The van der Waals surface area contributed by atoms with Gasteiger partial charge < -0.3 is 15.5 Å². The lowest BCUT2D eigenvalue weighted by Gasteiger charge is -2.27. The first-order valence-electron chi connectivity index (χ1n) is 8.75. The molecular weight excluding hydrogens is 326 g/mol. The van der Waals surface area contributed by atoms with E-state index >= 15 is 0 Å². The molecule has 0 radical (unpaired) electrons. The molecule has 1 saturated carbocycles. The van der Waals surface area contributed by atoms with E-state index in [1.165, 1.54) is 6.42 Å². The van der Waals surface area contributed by atoms with Gasteiger partial charge in [-0.1, -0.05) is 30.9 Å². The Kier molecular flexibility index (Phi) is 5.74. The Balaban J connectivity index is 1.71. The van der Waals surface area contributed by atoms with Crippen LogP contribution in [0.2, 0.25) is 5.02 Å². The number of nitrogens with zero attached hydrogens (tertiary/aromatic N) is 1. The molecular formula is C18H24ClN3O2. The van der Waals surface area contributed by atoms with Crippen LogP contribution in [0.3, 0.4) is 0 Å². The number of nitrogens with one attached hydrogen (secondary N) is 2. The molecule has 0 aromatic heterocycles. The van der Waals surface area contributed by atoms with E-state index in [0.29, 0.717) is 29.4 Å². The normalized spacial score (nSPS) is 19.1. The number of anilines is 1. The van der Waals surface area contributed by atoms with Gasteiger partial charge in [0.1, 0.15) is 0 Å². The fourth-order valence-electron chi connectivity index (χ4n) is 3.40. The van der Waals surface area contributed by atoms with E-state index in [4.69, 9.17) is 11.6 Å². The number of carbonyl (C=O) groups excluding carboxylic acids is 2. The van der Waals surface area contributed by atoms with Crippen molar-refractivity contribution in [3.63, 3.8) is 0 Å². The van der Waals surface area contributed by atoms with Crippen molar-refractivity contribution in [1.82, 2.24) is 10.2 Å². The minimum atomic E-state index is -0.0127. The Hall–Kier alpha value is -1.59. The van der Waals surface area contributed by atoms with Crippen LogP contribution in [0.5, 0.6) is 0 Å². The molecule has 1 saturated heterocycles. The van der Waals surface area contributed by atoms with Gasteiger partial charge in [-0.25, -0.2) is 0 Å². The molecule has 3 rings (SSSR count). The van der Waals surface area contributed by atoms with E-state index in [9.17, 15) is 9.59 Å². The maximum absolute atomic E-state index is 12.6. The standard InChI is InChI=1S/C18H24ClN3O2/c19-15-7-6-14(18(24)22-10-8-20-9-11-22)12-16(15)21-17(23)13-4-2-1-3-5-13/h6-7,12-13,20H,1-5,8-11H2,(H,21,23). The fourth-order valence-corrected chi connectivity index (χ4v) is 3.57. The van der Waals surface area contributed by atoms with Crippen molar-refractivity contribution in [2.75, 3.05) is 31.5 Å². The zero-order valence-electron chi connectivity index (χ0n) is 13.8. The molecule has 1 aromatic carbocycles. The minimum absolute atomic E-state index is 0.0127. The largest absolute Gasteiger partial charge is 0.336 e. The van der Waals surface area contributed by atoms with Gasteiger partial charge >= 0.3 is 0 Å². The summed E-state index contributed by atoms with van der Waals surface area (Å²) in [7, 11) is 0. The van der Waals surface area contributed by atoms with Crippen LogP contribution in [0.15, 0.2) is 18.2 Å². The average molecular weight is 350 g/mol. The van der Waals surface area contributed by atoms with Gasteiger partial charge in [-0.2, -0.15) is 0 Å². The molecule has 2 N–H and O–H groups in total. The molecule has 1 aromatic rings. The number of piperazine rings is 1. The number of amides is 2. The van der Waals surface area contributed by atoms with Crippen LogP contribution in [0.1, 0.15) is 42.5 Å². The second-order valence-corrected chi connectivity index (χ2v) is 6.97. The molecule has 130 valence electrons. The van der Waals surface area contributed by atoms with Crippen molar-refractivity contribution >= 4 is 29.1 Å². The van der Waals surface area contributed by atoms with Gasteiger partial charge in [-0.15, -0.1) is 0 Å². The summed E-state index contributed by atoms with van der Waals surface area (Å²) in [5.41, 5.74) is 1.11. The summed E-state index contributed by atoms with van der Waals surface area (Å²) in [6, 6.07) is 5.11. The summed E-state index contributed by atoms with van der Waals surface area (Å²) in [5, 5.41) is 6.62. The molecule has 2 amide bonds. The molecule has 6 heteroatoms. The summed E-state index contributed by atoms with van der Waals surface area (Å²) >= 11 is 6.22. The predicted octanol–water partition coefficient (Wildman–Crippen LogP) is 2.90. The highest BCUT2D eigenvalue weighted by atomic mass is 35.5. The van der Waals surface area contributed by atoms with Crippen LogP contribution < -0.4 is 10.6 Å². The second-order valence-electron chi connectivity index (χ2n) is 6.56. The zero-order valence-corrected chi connectivity index (χ0v) is 14.6. The maximum Gasteiger partial charge on any atom is 0.254 e. The number of hydrogen-bond acceptors (Lipinski definition) is 3. The molecule has 1 aliphatic heterocycles. The van der Waals surface area contributed by atoms with Crippen molar-refractivity contribution in [2.24, 2.45) is 5.92 Å². The van der Waals surface area contributed by atoms with E-state index in [1.54, 1.807) is 18.2 Å². The van der Waals surface area contributed by atoms with Crippen molar-refractivity contribution < 1.29 is 9.59 Å². The molecule has 0 atom stereocenters. The van der Waals surface area contributed by atoms with Crippen LogP contribution in [-0.2, 0) is 4.79 Å². The highest BCUT2D eigenvalue weighted by Crippen LogP contribution is 2.28. The molecule has 24 heavy (non-hydrogen) atoms. The third kappa shape index (κ3) is 4.08. The third-order valence-corrected chi connectivity index (χ3v) is 5.18. The van der Waals surface area contributed by atoms with Crippen LogP contribution in [-0.4, -0.2) is 42.9 Å². The molecule has 2 aliphatic rings. The van der Waals surface area contributed by atoms with Gasteiger partial charge in [0.15, 0.2) is 0 Å². The molecule has 2 fully saturated rings. The number of carbonyl (C=O) groups is 2. The first-order chi connectivity index (χ1) is 11.6. The first-order valence-corrected chi connectivity index (χ1v) is 9.13. The van der Waals surface area contributed by atoms with Crippen molar-refractivity contribution in [3.8, 4) is 0 Å². The highest BCUT2D eigenvalue weighted by molar-refractivity contribution is 6.33. The Morgan fingerprint density at radius 3 is 2.54 bits per heavy atom. The maximum atomic E-state index is 12.6. The molecule has 0 bridgehead atoms. The minimum Gasteiger partial charge on any atom is -0.336 e. The van der Waals surface area contributed by atoms with E-state index in [-0.39, 0.29) is 17.7 Å². The summed E-state index contributed by atoms with van der Waals surface area (Å²) < 4.78 is 0. The van der Waals surface area contributed by atoms with E-state index in [1.807, 2.05) is 4.90 Å². The number of halogens is 1. The fraction of sp³-hybridized carbons (Fsp3) is 0.556. The Morgan fingerprint density at radius 1 is 1.12 bits per heavy atom. The van der Waals surface area contributed by atoms with Crippen molar-refractivity contribution in [1.29, 1.82) is 0 Å². The monoisotopic (exact) mass is 349 g/mol. The van der Waals surface area contributed by atoms with Crippen molar-refractivity contribution in [2.45, 2.75) is 32.1 Å². The van der Waals surface area contributed by atoms with E-state index in [0.717, 1.165) is 38.8 Å². The predicted molar refractivity (Wildman–Crippen MR) is 95.4 cm³/mol. The quantitative estimate of drug-likeness (QED) is 0.882. The van der Waals surface area contributed by atoms with Crippen molar-refractivity contribution in [3.05, 3.63) is 28.8 Å². The number of rotatable bonds is 3. The molecule has 1 heterocycles. The summed E-state index contributed by atoms with van der Waals surface area (Å²) in [4.78, 5) is 26.8. The topological polar surface area (TPSA) is 61.4 Å². The average Bonchev–Trinajstić information content (AvgIpc) is 2.64. The van der Waals surface area contributed by atoms with Gasteiger partial charge in [0.25, 0.3) is 5.91 Å². The smallest absolute Gasteiger partial charge is 0.254 e. The van der Waals surface area contributed by atoms with Crippen LogP contribution in [0.25, 0.3) is 0 Å². The van der Waals surface area contributed by atoms with E-state index in [2.05, 4.69) is 10.6 Å². The second kappa shape index (κ2) is 7.99. The molecule has 0 unspecified atom stereocenters. The summed E-state index contributed by atoms with van der Waals surface area (Å²) in [6.45, 7) is 3.02. The lowest BCUT2D eigenvalue weighted by molar-refractivity contribution is -0.120. The Morgan fingerprint density at radius 2 is 1.83 bits per heavy atom. The van der Waals surface area contributed by atoms with Crippen LogP contribution >= 0.6 is 11.6 Å². The Labute approximate surface area is 147 Å². The highest BCUT2D eigenvalue weighted by Gasteiger charge is 2.23. The molecule has 0 spiro atoms. The van der Waals surface area contributed by atoms with Crippen LogP contribution in [0, 0.1) is 5.92 Å². The zero-order chi connectivity index (χ0) is 16.9. The Bertz CT molecular complexity index is 608. The number of hydrogen-bond donors (Lipinski definition) is 2. The molecule has 5 nitrogen and oxygen atoms in total. The van der Waals surface area contributed by atoms with Gasteiger partial charge in [-0.05, 0) is 31.0 Å².